The zero-order chi connectivity index (χ0) is 21.2. The summed E-state index contributed by atoms with van der Waals surface area (Å²) >= 11 is 0. The molecule has 28 heavy (non-hydrogen) atoms. The van der Waals surface area contributed by atoms with Crippen LogP contribution in [0.4, 0.5) is 18.0 Å². The first-order valence-corrected chi connectivity index (χ1v) is 9.93. The zero-order valence-electron chi connectivity index (χ0n) is 15.3. The zero-order valence-corrected chi connectivity index (χ0v) is 16.2. The van der Waals surface area contributed by atoms with Gasteiger partial charge in [-0.1, -0.05) is 30.3 Å². The van der Waals surface area contributed by atoms with Crippen molar-refractivity contribution in [3.05, 3.63) is 35.9 Å². The Balaban J connectivity index is 2.63. The van der Waals surface area contributed by atoms with Gasteiger partial charge in [0.2, 0.25) is 11.7 Å². The van der Waals surface area contributed by atoms with E-state index in [1.165, 1.54) is 13.8 Å². The molecule has 2 amide bonds. The van der Waals surface area contributed by atoms with Gasteiger partial charge >= 0.3 is 19.9 Å². The van der Waals surface area contributed by atoms with Crippen molar-refractivity contribution < 1.29 is 41.1 Å². The summed E-state index contributed by atoms with van der Waals surface area (Å²) in [6.45, 7) is 1.14. The molecule has 1 rings (SSSR count). The number of amides is 2. The maximum Gasteiger partial charge on any atom is 0.420 e. The van der Waals surface area contributed by atoms with Crippen LogP contribution in [0.1, 0.15) is 19.4 Å². The molecule has 12 heteroatoms. The fraction of sp³-hybridized carbons (Fsp3) is 0.500. The lowest BCUT2D eigenvalue weighted by Gasteiger charge is -2.28. The van der Waals surface area contributed by atoms with Crippen molar-refractivity contribution in [2.24, 2.45) is 0 Å². The maximum absolute atomic E-state index is 13.3. The lowest BCUT2D eigenvalue weighted by molar-refractivity contribution is -0.149. The number of alkyl halides is 3. The lowest BCUT2D eigenvalue weighted by atomic mass is 10.2. The normalized spacial score (nSPS) is 12.9. The molecule has 0 saturated heterocycles. The van der Waals surface area contributed by atoms with Gasteiger partial charge < -0.3 is 24.4 Å². The molecule has 1 unspecified atom stereocenters. The molecular weight excluding hydrogens is 404 g/mol. The van der Waals surface area contributed by atoms with E-state index in [0.717, 1.165) is 0 Å². The fourth-order valence-corrected chi connectivity index (χ4v) is 3.77. The van der Waals surface area contributed by atoms with E-state index in [2.05, 4.69) is 9.05 Å². The predicted octanol–water partition coefficient (Wildman–Crippen LogP) is 3.18. The van der Waals surface area contributed by atoms with Crippen LogP contribution in [-0.4, -0.2) is 43.7 Å². The van der Waals surface area contributed by atoms with Gasteiger partial charge in [0.15, 0.2) is 0 Å². The lowest BCUT2D eigenvalue weighted by Crippen LogP contribution is -2.49. The van der Waals surface area contributed by atoms with Gasteiger partial charge in [-0.15, -0.1) is 0 Å². The number of ether oxygens (including phenoxy) is 1. The Kier molecular flexibility index (Phi) is 9.44. The van der Waals surface area contributed by atoms with Crippen molar-refractivity contribution in [1.29, 1.82) is 0 Å². The quantitative estimate of drug-likeness (QED) is 0.557. The fourth-order valence-electron chi connectivity index (χ4n) is 2.02. The number of hydrogen-bond acceptors (Lipinski definition) is 6. The van der Waals surface area contributed by atoms with E-state index in [0.29, 0.717) is 5.56 Å². The second-order valence-corrected chi connectivity index (χ2v) is 7.41. The highest BCUT2D eigenvalue weighted by atomic mass is 31.2. The van der Waals surface area contributed by atoms with E-state index in [-0.39, 0.29) is 19.8 Å². The number of rotatable bonds is 10. The van der Waals surface area contributed by atoms with Gasteiger partial charge in [-0.05, 0) is 19.4 Å². The number of alkyl carbamates (subject to hydrolysis) is 1. The van der Waals surface area contributed by atoms with Crippen LogP contribution in [0, 0.1) is 0 Å². The van der Waals surface area contributed by atoms with Crippen molar-refractivity contribution in [2.75, 3.05) is 19.8 Å². The van der Waals surface area contributed by atoms with Crippen LogP contribution in [-0.2, 0) is 29.8 Å². The van der Waals surface area contributed by atoms with E-state index in [4.69, 9.17) is 4.74 Å². The SMILES string of the molecule is CCOP(=O)(OCC)C(NC(=O)CNC(=O)OCc1ccccc1)C(F)(F)F. The topological polar surface area (TPSA) is 103 Å². The molecule has 0 radical (unpaired) electrons. The maximum atomic E-state index is 13.3. The molecule has 8 nitrogen and oxygen atoms in total. The molecule has 0 saturated carbocycles. The molecule has 0 bridgehead atoms. The van der Waals surface area contributed by atoms with Crippen LogP contribution in [0.5, 0.6) is 0 Å². The Bertz CT molecular complexity index is 677. The van der Waals surface area contributed by atoms with Crippen LogP contribution in [0.25, 0.3) is 0 Å². The third-order valence-electron chi connectivity index (χ3n) is 3.15. The number of carbonyl (C=O) groups excluding carboxylic acids is 2. The third-order valence-corrected chi connectivity index (χ3v) is 5.44. The van der Waals surface area contributed by atoms with Gasteiger partial charge in [-0.3, -0.25) is 9.36 Å². The average Bonchev–Trinajstić information content (AvgIpc) is 2.63. The van der Waals surface area contributed by atoms with E-state index >= 15 is 0 Å². The monoisotopic (exact) mass is 426 g/mol. The van der Waals surface area contributed by atoms with E-state index in [9.17, 15) is 27.3 Å². The van der Waals surface area contributed by atoms with E-state index < -0.39 is 38.1 Å². The van der Waals surface area contributed by atoms with Crippen molar-refractivity contribution in [3.8, 4) is 0 Å². The molecule has 0 fully saturated rings. The molecular formula is C16H22F3N2O6P. The highest BCUT2D eigenvalue weighted by Crippen LogP contribution is 2.56. The molecule has 2 N–H and O–H groups in total. The van der Waals surface area contributed by atoms with Crippen molar-refractivity contribution >= 4 is 19.6 Å². The summed E-state index contributed by atoms with van der Waals surface area (Å²) < 4.78 is 66.4. The smallest absolute Gasteiger partial charge is 0.420 e. The second kappa shape index (κ2) is 11.0. The molecule has 0 aliphatic rings. The van der Waals surface area contributed by atoms with Gasteiger partial charge in [-0.2, -0.15) is 13.2 Å². The van der Waals surface area contributed by atoms with Crippen molar-refractivity contribution in [3.63, 3.8) is 0 Å². The first-order chi connectivity index (χ1) is 13.1. The highest BCUT2D eigenvalue weighted by Gasteiger charge is 2.54. The van der Waals surface area contributed by atoms with Gasteiger partial charge in [0.25, 0.3) is 0 Å². The van der Waals surface area contributed by atoms with Crippen molar-refractivity contribution in [2.45, 2.75) is 32.4 Å². The molecule has 0 spiro atoms. The summed E-state index contributed by atoms with van der Waals surface area (Å²) in [6, 6.07) is 8.64. The Labute approximate surface area is 160 Å². The van der Waals surface area contributed by atoms with Gasteiger partial charge in [0, 0.05) is 0 Å². The van der Waals surface area contributed by atoms with Gasteiger partial charge in [-0.25, -0.2) is 4.79 Å². The van der Waals surface area contributed by atoms with Crippen LogP contribution in [0.15, 0.2) is 30.3 Å². The van der Waals surface area contributed by atoms with Crippen LogP contribution in [0.3, 0.4) is 0 Å². The molecule has 1 aromatic carbocycles. The number of halogens is 3. The number of nitrogens with one attached hydrogen (secondary N) is 2. The minimum Gasteiger partial charge on any atom is -0.445 e. The van der Waals surface area contributed by atoms with Gasteiger partial charge in [0.05, 0.1) is 13.2 Å². The molecule has 1 aromatic rings. The molecule has 0 aliphatic carbocycles. The first kappa shape index (κ1) is 23.9. The predicted molar refractivity (Wildman–Crippen MR) is 93.5 cm³/mol. The average molecular weight is 426 g/mol. The highest BCUT2D eigenvalue weighted by molar-refractivity contribution is 7.54. The Morgan fingerprint density at radius 3 is 2.18 bits per heavy atom. The van der Waals surface area contributed by atoms with Crippen molar-refractivity contribution in [1.82, 2.24) is 10.6 Å². The minimum atomic E-state index is -5.09. The number of carbonyl (C=O) groups is 2. The molecule has 0 aliphatic heterocycles. The van der Waals surface area contributed by atoms with E-state index in [1.54, 1.807) is 35.6 Å². The summed E-state index contributed by atoms with van der Waals surface area (Å²) in [4.78, 5) is 23.4. The van der Waals surface area contributed by atoms with Gasteiger partial charge in [0.1, 0.15) is 13.2 Å². The Morgan fingerprint density at radius 2 is 1.68 bits per heavy atom. The summed E-state index contributed by atoms with van der Waals surface area (Å²) in [5.74, 6) is -4.10. The summed E-state index contributed by atoms with van der Waals surface area (Å²) in [6.07, 6.45) is -6.09. The number of hydrogen-bond donors (Lipinski definition) is 2. The van der Waals surface area contributed by atoms with Crippen LogP contribution in [0.2, 0.25) is 0 Å². The first-order valence-electron chi connectivity index (χ1n) is 8.31. The standard InChI is InChI=1S/C16H22F3N2O6P/c1-3-26-28(24,27-4-2)14(16(17,18)19)21-13(22)10-20-15(23)25-11-12-8-6-5-7-9-12/h5-9,14H,3-4,10-11H2,1-2H3,(H,20,23)(H,21,22). The second-order valence-electron chi connectivity index (χ2n) is 5.30. The molecule has 1 atom stereocenters. The van der Waals surface area contributed by atoms with Crippen LogP contribution >= 0.6 is 7.60 Å². The third kappa shape index (κ3) is 7.87. The largest absolute Gasteiger partial charge is 0.445 e. The Morgan fingerprint density at radius 1 is 1.11 bits per heavy atom. The minimum absolute atomic E-state index is 0.0800. The number of benzene rings is 1. The molecule has 158 valence electrons. The summed E-state index contributed by atoms with van der Waals surface area (Å²) in [7, 11) is -4.71. The van der Waals surface area contributed by atoms with Crippen LogP contribution < -0.4 is 10.6 Å². The van der Waals surface area contributed by atoms with E-state index in [1.807, 2.05) is 5.32 Å². The summed E-state index contributed by atoms with van der Waals surface area (Å²) in [5, 5.41) is 3.56. The molecule has 0 heterocycles. The summed E-state index contributed by atoms with van der Waals surface area (Å²) in [5.41, 5.74) is 0.689. The molecule has 0 aromatic heterocycles. The Hall–Kier alpha value is -2.10.